The van der Waals surface area contributed by atoms with Gasteiger partial charge in [-0.15, -0.1) is 0 Å². The monoisotopic (exact) mass is 178 g/mol. The van der Waals surface area contributed by atoms with Crippen LogP contribution in [0.4, 0.5) is 0 Å². The number of hydrogen-bond donors (Lipinski definition) is 1. The molecule has 0 radical (unpaired) electrons. The second-order valence-electron chi connectivity index (χ2n) is 3.38. The lowest BCUT2D eigenvalue weighted by atomic mass is 9.94. The minimum absolute atomic E-state index is 0.121. The molecule has 0 heterocycles. The van der Waals surface area contributed by atoms with E-state index in [0.717, 1.165) is 22.3 Å². The molecule has 0 spiro atoms. The third kappa shape index (κ3) is 1.32. The molecular weight excluding hydrogens is 164 g/mol. The summed E-state index contributed by atoms with van der Waals surface area (Å²) in [6, 6.07) is 0. The highest BCUT2D eigenvalue weighted by atomic mass is 16.3. The molecule has 1 aromatic carbocycles. The quantitative estimate of drug-likeness (QED) is 0.670. The second kappa shape index (κ2) is 3.21. The first-order valence-corrected chi connectivity index (χ1v) is 4.25. The van der Waals surface area contributed by atoms with Gasteiger partial charge in [0.15, 0.2) is 6.29 Å². The van der Waals surface area contributed by atoms with Gasteiger partial charge in [-0.3, -0.25) is 4.79 Å². The number of carbonyl (C=O) groups excluding carboxylic acids is 1. The standard InChI is InChI=1S/C11H14O2/c1-6-7(2)9(4)11(13)10(5-12)8(6)3/h5,13H,1-4H3. The van der Waals surface area contributed by atoms with Crippen LogP contribution in [0.3, 0.4) is 0 Å². The van der Waals surface area contributed by atoms with Crippen molar-refractivity contribution in [3.05, 3.63) is 27.8 Å². The zero-order valence-corrected chi connectivity index (χ0v) is 8.43. The zero-order chi connectivity index (χ0) is 10.2. The highest BCUT2D eigenvalue weighted by Gasteiger charge is 2.12. The first-order chi connectivity index (χ1) is 6.00. The molecule has 0 saturated carbocycles. The normalized spacial score (nSPS) is 10.2. The fourth-order valence-electron chi connectivity index (χ4n) is 1.47. The van der Waals surface area contributed by atoms with Gasteiger partial charge in [0.25, 0.3) is 0 Å². The van der Waals surface area contributed by atoms with Crippen LogP contribution in [0, 0.1) is 27.7 Å². The average Bonchev–Trinajstić information content (AvgIpc) is 2.13. The summed E-state index contributed by atoms with van der Waals surface area (Å²) >= 11 is 0. The van der Waals surface area contributed by atoms with Crippen molar-refractivity contribution in [2.45, 2.75) is 27.7 Å². The fraction of sp³-hybridized carbons (Fsp3) is 0.364. The van der Waals surface area contributed by atoms with E-state index in [-0.39, 0.29) is 5.75 Å². The molecule has 0 aliphatic carbocycles. The first kappa shape index (κ1) is 9.78. The highest BCUT2D eigenvalue weighted by Crippen LogP contribution is 2.30. The average molecular weight is 178 g/mol. The van der Waals surface area contributed by atoms with Gasteiger partial charge in [0.1, 0.15) is 5.75 Å². The molecule has 0 amide bonds. The molecule has 13 heavy (non-hydrogen) atoms. The maximum atomic E-state index is 10.7. The van der Waals surface area contributed by atoms with E-state index in [1.165, 1.54) is 0 Å². The number of phenols is 1. The van der Waals surface area contributed by atoms with Crippen LogP contribution in [-0.4, -0.2) is 11.4 Å². The molecule has 0 aliphatic heterocycles. The van der Waals surface area contributed by atoms with Crippen molar-refractivity contribution >= 4 is 6.29 Å². The molecule has 0 aromatic heterocycles. The Morgan fingerprint density at radius 1 is 0.923 bits per heavy atom. The van der Waals surface area contributed by atoms with Crippen LogP contribution in [0.5, 0.6) is 5.75 Å². The van der Waals surface area contributed by atoms with Gasteiger partial charge in [-0.25, -0.2) is 0 Å². The van der Waals surface area contributed by atoms with Crippen LogP contribution in [-0.2, 0) is 0 Å². The van der Waals surface area contributed by atoms with Crippen molar-refractivity contribution in [3.63, 3.8) is 0 Å². The Bertz CT molecular complexity index is 336. The Hall–Kier alpha value is -1.31. The molecule has 0 aliphatic rings. The van der Waals surface area contributed by atoms with E-state index in [1.807, 2.05) is 27.7 Å². The molecule has 0 atom stereocenters. The van der Waals surface area contributed by atoms with Crippen molar-refractivity contribution in [3.8, 4) is 5.75 Å². The summed E-state index contributed by atoms with van der Waals surface area (Å²) in [5, 5.41) is 9.65. The van der Waals surface area contributed by atoms with Gasteiger partial charge >= 0.3 is 0 Å². The summed E-state index contributed by atoms with van der Waals surface area (Å²) in [6.45, 7) is 7.59. The van der Waals surface area contributed by atoms with Gasteiger partial charge in [-0.2, -0.15) is 0 Å². The van der Waals surface area contributed by atoms with E-state index in [9.17, 15) is 9.90 Å². The van der Waals surface area contributed by atoms with Gasteiger partial charge < -0.3 is 5.11 Å². The molecule has 1 aromatic rings. The van der Waals surface area contributed by atoms with Crippen molar-refractivity contribution < 1.29 is 9.90 Å². The van der Waals surface area contributed by atoms with E-state index in [2.05, 4.69) is 0 Å². The van der Waals surface area contributed by atoms with Gasteiger partial charge in [0, 0.05) is 0 Å². The van der Waals surface area contributed by atoms with Crippen LogP contribution < -0.4 is 0 Å². The number of carbonyl (C=O) groups is 1. The Labute approximate surface area is 78.2 Å². The fourth-order valence-corrected chi connectivity index (χ4v) is 1.47. The number of benzene rings is 1. The van der Waals surface area contributed by atoms with Crippen molar-refractivity contribution in [2.75, 3.05) is 0 Å². The third-order valence-corrected chi connectivity index (χ3v) is 2.82. The van der Waals surface area contributed by atoms with Crippen molar-refractivity contribution in [1.82, 2.24) is 0 Å². The molecule has 1 rings (SSSR count). The maximum Gasteiger partial charge on any atom is 0.154 e. The lowest BCUT2D eigenvalue weighted by Crippen LogP contribution is -1.97. The summed E-state index contributed by atoms with van der Waals surface area (Å²) < 4.78 is 0. The summed E-state index contributed by atoms with van der Waals surface area (Å²) in [7, 11) is 0. The first-order valence-electron chi connectivity index (χ1n) is 4.25. The van der Waals surface area contributed by atoms with Gasteiger partial charge in [-0.1, -0.05) is 0 Å². The minimum Gasteiger partial charge on any atom is -0.507 e. The van der Waals surface area contributed by atoms with Gasteiger partial charge in [-0.05, 0) is 49.9 Å². The molecule has 0 fully saturated rings. The molecule has 2 nitrogen and oxygen atoms in total. The summed E-state index contributed by atoms with van der Waals surface area (Å²) in [5.41, 5.74) is 4.22. The predicted octanol–water partition coefficient (Wildman–Crippen LogP) is 2.44. The molecule has 0 bridgehead atoms. The lowest BCUT2D eigenvalue weighted by molar-refractivity contribution is 0.112. The van der Waals surface area contributed by atoms with E-state index in [0.29, 0.717) is 11.8 Å². The van der Waals surface area contributed by atoms with Crippen LogP contribution >= 0.6 is 0 Å². The number of aromatic hydroxyl groups is 1. The van der Waals surface area contributed by atoms with E-state index in [4.69, 9.17) is 0 Å². The summed E-state index contributed by atoms with van der Waals surface area (Å²) in [4.78, 5) is 10.7. The number of aldehydes is 1. The molecule has 70 valence electrons. The summed E-state index contributed by atoms with van der Waals surface area (Å²) in [5.74, 6) is 0.121. The molecular formula is C11H14O2. The molecule has 1 N–H and O–H groups in total. The van der Waals surface area contributed by atoms with Gasteiger partial charge in [0.2, 0.25) is 0 Å². The Kier molecular flexibility index (Phi) is 2.41. The number of hydrogen-bond acceptors (Lipinski definition) is 2. The van der Waals surface area contributed by atoms with E-state index in [1.54, 1.807) is 0 Å². The van der Waals surface area contributed by atoms with Crippen LogP contribution in [0.25, 0.3) is 0 Å². The lowest BCUT2D eigenvalue weighted by Gasteiger charge is -2.13. The predicted molar refractivity (Wildman–Crippen MR) is 52.4 cm³/mol. The molecule has 2 heteroatoms. The van der Waals surface area contributed by atoms with Gasteiger partial charge in [0.05, 0.1) is 5.56 Å². The van der Waals surface area contributed by atoms with E-state index < -0.39 is 0 Å². The number of rotatable bonds is 1. The molecule has 0 saturated heterocycles. The maximum absolute atomic E-state index is 10.7. The largest absolute Gasteiger partial charge is 0.507 e. The number of phenolic OH excluding ortho intramolecular Hbond substituents is 1. The van der Waals surface area contributed by atoms with Crippen LogP contribution in [0.15, 0.2) is 0 Å². The SMILES string of the molecule is Cc1c(C)c(C)c(C=O)c(O)c1C. The Balaban J connectivity index is 3.66. The molecule has 0 unspecified atom stereocenters. The summed E-state index contributed by atoms with van der Waals surface area (Å²) in [6.07, 6.45) is 0.712. The Morgan fingerprint density at radius 3 is 1.85 bits per heavy atom. The van der Waals surface area contributed by atoms with Crippen LogP contribution in [0.2, 0.25) is 0 Å². The highest BCUT2D eigenvalue weighted by molar-refractivity contribution is 5.83. The van der Waals surface area contributed by atoms with Crippen molar-refractivity contribution in [2.24, 2.45) is 0 Å². The minimum atomic E-state index is 0.121. The Morgan fingerprint density at radius 2 is 1.38 bits per heavy atom. The topological polar surface area (TPSA) is 37.3 Å². The van der Waals surface area contributed by atoms with E-state index >= 15 is 0 Å². The van der Waals surface area contributed by atoms with Crippen LogP contribution in [0.1, 0.15) is 32.6 Å². The third-order valence-electron chi connectivity index (χ3n) is 2.82. The zero-order valence-electron chi connectivity index (χ0n) is 8.43. The second-order valence-corrected chi connectivity index (χ2v) is 3.38. The van der Waals surface area contributed by atoms with Crippen molar-refractivity contribution in [1.29, 1.82) is 0 Å². The smallest absolute Gasteiger partial charge is 0.154 e.